The topological polar surface area (TPSA) is 32.3 Å². The minimum Gasteiger partial charge on any atom is -0.334 e. The summed E-state index contributed by atoms with van der Waals surface area (Å²) >= 11 is 0. The maximum atomic E-state index is 12.9. The van der Waals surface area contributed by atoms with E-state index in [1.807, 2.05) is 4.90 Å². The number of amides is 2. The molecule has 0 radical (unpaired) electrons. The van der Waals surface area contributed by atoms with Crippen molar-refractivity contribution in [2.75, 3.05) is 6.54 Å². The van der Waals surface area contributed by atoms with Crippen LogP contribution in [0.4, 0.5) is 9.18 Å². The summed E-state index contributed by atoms with van der Waals surface area (Å²) in [6.45, 7) is 3.25. The molecule has 120 valence electrons. The van der Waals surface area contributed by atoms with Crippen LogP contribution in [-0.4, -0.2) is 17.5 Å². The molecule has 1 saturated heterocycles. The van der Waals surface area contributed by atoms with E-state index in [4.69, 9.17) is 0 Å². The van der Waals surface area contributed by atoms with Crippen molar-refractivity contribution in [2.45, 2.75) is 32.4 Å². The van der Waals surface area contributed by atoms with Crippen LogP contribution in [0, 0.1) is 12.7 Å². The van der Waals surface area contributed by atoms with Crippen molar-refractivity contribution < 1.29 is 9.18 Å². The van der Waals surface area contributed by atoms with E-state index in [-0.39, 0.29) is 17.9 Å². The van der Waals surface area contributed by atoms with Gasteiger partial charge >= 0.3 is 6.03 Å². The summed E-state index contributed by atoms with van der Waals surface area (Å²) in [5, 5.41) is 2.94. The zero-order chi connectivity index (χ0) is 16.2. The van der Waals surface area contributed by atoms with Gasteiger partial charge in [-0.05, 0) is 43.0 Å². The van der Waals surface area contributed by atoms with Crippen LogP contribution in [0.15, 0.2) is 48.5 Å². The van der Waals surface area contributed by atoms with Crippen LogP contribution >= 0.6 is 0 Å². The normalized spacial score (nSPS) is 17.3. The third-order valence-corrected chi connectivity index (χ3v) is 4.33. The summed E-state index contributed by atoms with van der Waals surface area (Å²) in [6.07, 6.45) is 2.01. The molecule has 2 amide bonds. The van der Waals surface area contributed by atoms with Crippen LogP contribution in [-0.2, 0) is 6.54 Å². The first-order valence-electron chi connectivity index (χ1n) is 7.99. The van der Waals surface area contributed by atoms with Gasteiger partial charge in [-0.15, -0.1) is 0 Å². The Morgan fingerprint density at radius 1 is 1.17 bits per heavy atom. The second-order valence-electron chi connectivity index (χ2n) is 6.05. The first kappa shape index (κ1) is 15.5. The lowest BCUT2D eigenvalue weighted by Crippen LogP contribution is -2.39. The Morgan fingerprint density at radius 3 is 2.57 bits per heavy atom. The Labute approximate surface area is 136 Å². The lowest BCUT2D eigenvalue weighted by atomic mass is 10.0. The molecule has 3 rings (SSSR count). The summed E-state index contributed by atoms with van der Waals surface area (Å²) in [6, 6.07) is 14.7. The van der Waals surface area contributed by atoms with Gasteiger partial charge in [-0.25, -0.2) is 9.18 Å². The van der Waals surface area contributed by atoms with E-state index in [0.29, 0.717) is 6.54 Å². The molecule has 0 spiro atoms. The molecule has 1 aliphatic heterocycles. The van der Waals surface area contributed by atoms with Crippen molar-refractivity contribution in [3.8, 4) is 0 Å². The standard InChI is InChI=1S/C19H21FN2O/c1-14-4-8-16(9-5-14)18-3-2-12-22(18)19(23)21-13-15-6-10-17(20)11-7-15/h4-11,18H,2-3,12-13H2,1H3,(H,21,23)/t18-/m0/s1. The molecule has 1 aliphatic rings. The molecule has 0 saturated carbocycles. The molecule has 3 nitrogen and oxygen atoms in total. The second kappa shape index (κ2) is 6.82. The molecular weight excluding hydrogens is 291 g/mol. The van der Waals surface area contributed by atoms with Crippen molar-refractivity contribution in [2.24, 2.45) is 0 Å². The number of halogens is 1. The number of nitrogens with one attached hydrogen (secondary N) is 1. The Bertz CT molecular complexity index is 667. The van der Waals surface area contributed by atoms with Crippen molar-refractivity contribution in [3.05, 3.63) is 71.0 Å². The smallest absolute Gasteiger partial charge is 0.318 e. The molecule has 0 bridgehead atoms. The number of aryl methyl sites for hydroxylation is 1. The number of urea groups is 1. The first-order chi connectivity index (χ1) is 11.1. The van der Waals surface area contributed by atoms with E-state index >= 15 is 0 Å². The lowest BCUT2D eigenvalue weighted by Gasteiger charge is -2.25. The van der Waals surface area contributed by atoms with Crippen LogP contribution in [0.3, 0.4) is 0 Å². The Hall–Kier alpha value is -2.36. The first-order valence-corrected chi connectivity index (χ1v) is 7.99. The molecule has 1 N–H and O–H groups in total. The lowest BCUT2D eigenvalue weighted by molar-refractivity contribution is 0.192. The highest BCUT2D eigenvalue weighted by molar-refractivity contribution is 5.75. The summed E-state index contributed by atoms with van der Waals surface area (Å²) in [7, 11) is 0. The van der Waals surface area contributed by atoms with Crippen molar-refractivity contribution in [3.63, 3.8) is 0 Å². The molecule has 0 aliphatic carbocycles. The van der Waals surface area contributed by atoms with Crippen molar-refractivity contribution in [1.82, 2.24) is 10.2 Å². The fraction of sp³-hybridized carbons (Fsp3) is 0.316. The van der Waals surface area contributed by atoms with E-state index in [0.717, 1.165) is 24.9 Å². The van der Waals surface area contributed by atoms with Gasteiger partial charge in [-0.3, -0.25) is 0 Å². The Kier molecular flexibility index (Phi) is 4.60. The number of hydrogen-bond donors (Lipinski definition) is 1. The van der Waals surface area contributed by atoms with E-state index in [2.05, 4.69) is 36.5 Å². The van der Waals surface area contributed by atoms with Crippen molar-refractivity contribution in [1.29, 1.82) is 0 Å². The van der Waals surface area contributed by atoms with Gasteiger partial charge in [-0.2, -0.15) is 0 Å². The molecule has 1 atom stereocenters. The monoisotopic (exact) mass is 312 g/mol. The summed E-state index contributed by atoms with van der Waals surface area (Å²) in [5.74, 6) is -0.265. The van der Waals surface area contributed by atoms with Crippen LogP contribution in [0.5, 0.6) is 0 Å². The molecular formula is C19H21FN2O. The molecule has 2 aromatic carbocycles. The van der Waals surface area contributed by atoms with Crippen molar-refractivity contribution >= 4 is 6.03 Å². The van der Waals surface area contributed by atoms with Crippen LogP contribution in [0.2, 0.25) is 0 Å². The van der Waals surface area contributed by atoms with Gasteiger partial charge in [0.1, 0.15) is 5.82 Å². The van der Waals surface area contributed by atoms with Gasteiger partial charge in [0.25, 0.3) is 0 Å². The van der Waals surface area contributed by atoms with Crippen LogP contribution in [0.1, 0.15) is 35.6 Å². The van der Waals surface area contributed by atoms with Gasteiger partial charge in [0.2, 0.25) is 0 Å². The number of rotatable bonds is 3. The highest BCUT2D eigenvalue weighted by atomic mass is 19.1. The van der Waals surface area contributed by atoms with Crippen LogP contribution in [0.25, 0.3) is 0 Å². The molecule has 23 heavy (non-hydrogen) atoms. The predicted octanol–water partition coefficient (Wildman–Crippen LogP) is 4.18. The Balaban J connectivity index is 1.63. The maximum absolute atomic E-state index is 12.9. The van der Waals surface area contributed by atoms with Gasteiger partial charge in [-0.1, -0.05) is 42.0 Å². The van der Waals surface area contributed by atoms with Crippen LogP contribution < -0.4 is 5.32 Å². The molecule has 0 unspecified atom stereocenters. The quantitative estimate of drug-likeness (QED) is 0.906. The summed E-state index contributed by atoms with van der Waals surface area (Å²) < 4.78 is 12.9. The fourth-order valence-corrected chi connectivity index (χ4v) is 3.03. The number of hydrogen-bond acceptors (Lipinski definition) is 1. The van der Waals surface area contributed by atoms with Gasteiger partial charge in [0.05, 0.1) is 6.04 Å². The summed E-state index contributed by atoms with van der Waals surface area (Å²) in [5.41, 5.74) is 3.30. The average Bonchev–Trinajstić information content (AvgIpc) is 3.04. The number of carbonyl (C=O) groups is 1. The van der Waals surface area contributed by atoms with E-state index < -0.39 is 0 Å². The fourth-order valence-electron chi connectivity index (χ4n) is 3.03. The largest absolute Gasteiger partial charge is 0.334 e. The molecule has 1 fully saturated rings. The Morgan fingerprint density at radius 2 is 1.87 bits per heavy atom. The zero-order valence-corrected chi connectivity index (χ0v) is 13.3. The SMILES string of the molecule is Cc1ccc([C@@H]2CCCN2C(=O)NCc2ccc(F)cc2)cc1. The third kappa shape index (κ3) is 3.70. The highest BCUT2D eigenvalue weighted by Gasteiger charge is 2.29. The number of carbonyl (C=O) groups excluding carboxylic acids is 1. The van der Waals surface area contributed by atoms with Gasteiger partial charge in [0, 0.05) is 13.1 Å². The van der Waals surface area contributed by atoms with E-state index in [9.17, 15) is 9.18 Å². The number of nitrogens with zero attached hydrogens (tertiary/aromatic N) is 1. The third-order valence-electron chi connectivity index (χ3n) is 4.33. The minimum atomic E-state index is -0.265. The second-order valence-corrected chi connectivity index (χ2v) is 6.05. The average molecular weight is 312 g/mol. The van der Waals surface area contributed by atoms with E-state index in [1.54, 1.807) is 12.1 Å². The highest BCUT2D eigenvalue weighted by Crippen LogP contribution is 2.31. The summed E-state index contributed by atoms with van der Waals surface area (Å²) in [4.78, 5) is 14.4. The molecule has 0 aromatic heterocycles. The number of benzene rings is 2. The predicted molar refractivity (Wildman–Crippen MR) is 88.5 cm³/mol. The maximum Gasteiger partial charge on any atom is 0.318 e. The van der Waals surface area contributed by atoms with Gasteiger partial charge in [0.15, 0.2) is 0 Å². The van der Waals surface area contributed by atoms with Gasteiger partial charge < -0.3 is 10.2 Å². The molecule has 4 heteroatoms. The number of likely N-dealkylation sites (tertiary alicyclic amines) is 1. The molecule has 2 aromatic rings. The molecule has 1 heterocycles. The minimum absolute atomic E-state index is 0.0580. The van der Waals surface area contributed by atoms with E-state index in [1.165, 1.54) is 23.3 Å². The zero-order valence-electron chi connectivity index (χ0n) is 13.3.